The molecule has 5 heteroatoms. The number of carbonyl (C=O) groups is 2. The van der Waals surface area contributed by atoms with Crippen molar-refractivity contribution in [1.29, 1.82) is 0 Å². The summed E-state index contributed by atoms with van der Waals surface area (Å²) < 4.78 is 5.42. The molecule has 1 amide bonds. The molecule has 0 spiro atoms. The zero-order chi connectivity index (χ0) is 24.7. The Morgan fingerprint density at radius 3 is 2.34 bits per heavy atom. The fourth-order valence-corrected chi connectivity index (χ4v) is 5.35. The topological polar surface area (TPSA) is 66.8 Å². The molecular formula is C30H29NO4. The van der Waals surface area contributed by atoms with Crippen molar-refractivity contribution >= 4 is 23.1 Å². The van der Waals surface area contributed by atoms with Gasteiger partial charge in [-0.3, -0.25) is 14.5 Å². The van der Waals surface area contributed by atoms with Crippen molar-refractivity contribution in [1.82, 2.24) is 0 Å². The Balaban J connectivity index is 1.72. The molecule has 0 aromatic heterocycles. The van der Waals surface area contributed by atoms with Crippen molar-refractivity contribution in [2.75, 3.05) is 12.0 Å². The maximum Gasteiger partial charge on any atom is 0.300 e. The van der Waals surface area contributed by atoms with Crippen molar-refractivity contribution in [3.8, 4) is 5.75 Å². The van der Waals surface area contributed by atoms with Crippen LogP contribution in [0.25, 0.3) is 5.76 Å². The lowest BCUT2D eigenvalue weighted by atomic mass is 9.88. The standard InChI is InChI=1S/C30H29NO4/c1-18-13-19(2)15-24(14-18)31-27(22-9-6-10-25(17-22)35-3)26(29(33)30(31)34)28(32)23-12-11-20-7-4-5-8-21(20)16-23/h6,9-17,27,32H,4-5,7-8H2,1-3H3/b28-26-. The quantitative estimate of drug-likeness (QED) is 0.298. The molecule has 1 unspecified atom stereocenters. The van der Waals surface area contributed by atoms with Crippen LogP contribution in [-0.2, 0) is 22.4 Å². The van der Waals surface area contributed by atoms with Gasteiger partial charge in [-0.1, -0.05) is 30.3 Å². The average molecular weight is 468 g/mol. The van der Waals surface area contributed by atoms with Crippen molar-refractivity contribution < 1.29 is 19.4 Å². The first-order valence-electron chi connectivity index (χ1n) is 12.0. The number of aryl methyl sites for hydroxylation is 4. The second kappa shape index (κ2) is 9.06. The molecule has 35 heavy (non-hydrogen) atoms. The molecule has 0 bridgehead atoms. The van der Waals surface area contributed by atoms with E-state index >= 15 is 0 Å². The molecular weight excluding hydrogens is 438 g/mol. The van der Waals surface area contributed by atoms with Crippen molar-refractivity contribution in [2.45, 2.75) is 45.6 Å². The number of hydrogen-bond donors (Lipinski definition) is 1. The summed E-state index contributed by atoms with van der Waals surface area (Å²) in [6.07, 6.45) is 4.25. The second-order valence-electron chi connectivity index (χ2n) is 9.48. The number of aliphatic hydroxyl groups excluding tert-OH is 1. The third kappa shape index (κ3) is 4.12. The van der Waals surface area contributed by atoms with Gasteiger partial charge in [0.1, 0.15) is 11.5 Å². The number of ketones is 1. The fourth-order valence-electron chi connectivity index (χ4n) is 5.35. The van der Waals surface area contributed by atoms with Gasteiger partial charge in [0.05, 0.1) is 18.7 Å². The van der Waals surface area contributed by atoms with Crippen molar-refractivity contribution in [2.24, 2.45) is 0 Å². The van der Waals surface area contributed by atoms with Crippen LogP contribution in [0, 0.1) is 13.8 Å². The van der Waals surface area contributed by atoms with E-state index in [2.05, 4.69) is 0 Å². The molecule has 2 aliphatic rings. The normalized spacial score (nSPS) is 19.1. The summed E-state index contributed by atoms with van der Waals surface area (Å²) in [5.41, 5.74) is 6.44. The summed E-state index contributed by atoms with van der Waals surface area (Å²) in [5, 5.41) is 11.5. The van der Waals surface area contributed by atoms with Crippen LogP contribution in [0.4, 0.5) is 5.69 Å². The van der Waals surface area contributed by atoms with Gasteiger partial charge in [-0.15, -0.1) is 0 Å². The number of rotatable bonds is 4. The van der Waals surface area contributed by atoms with E-state index in [-0.39, 0.29) is 11.3 Å². The Kier molecular flexibility index (Phi) is 5.93. The number of ether oxygens (including phenoxy) is 1. The van der Waals surface area contributed by atoms with E-state index in [9.17, 15) is 14.7 Å². The molecule has 1 aliphatic carbocycles. The second-order valence-corrected chi connectivity index (χ2v) is 9.48. The molecule has 1 saturated heterocycles. The highest BCUT2D eigenvalue weighted by Gasteiger charge is 2.47. The first-order chi connectivity index (χ1) is 16.9. The van der Waals surface area contributed by atoms with E-state index in [0.29, 0.717) is 22.6 Å². The van der Waals surface area contributed by atoms with Gasteiger partial charge in [0.15, 0.2) is 0 Å². The molecule has 5 nitrogen and oxygen atoms in total. The molecule has 1 atom stereocenters. The minimum Gasteiger partial charge on any atom is -0.507 e. The maximum absolute atomic E-state index is 13.5. The van der Waals surface area contributed by atoms with Gasteiger partial charge >= 0.3 is 0 Å². The number of hydrogen-bond acceptors (Lipinski definition) is 4. The third-order valence-electron chi connectivity index (χ3n) is 6.96. The van der Waals surface area contributed by atoms with E-state index in [1.54, 1.807) is 7.11 Å². The zero-order valence-electron chi connectivity index (χ0n) is 20.3. The molecule has 0 radical (unpaired) electrons. The summed E-state index contributed by atoms with van der Waals surface area (Å²) in [7, 11) is 1.58. The highest BCUT2D eigenvalue weighted by Crippen LogP contribution is 2.43. The van der Waals surface area contributed by atoms with E-state index < -0.39 is 17.7 Å². The first-order valence-corrected chi connectivity index (χ1v) is 12.0. The number of anilines is 1. The molecule has 178 valence electrons. The molecule has 1 heterocycles. The van der Waals surface area contributed by atoms with Crippen molar-refractivity contribution in [3.63, 3.8) is 0 Å². The third-order valence-corrected chi connectivity index (χ3v) is 6.96. The lowest BCUT2D eigenvalue weighted by Gasteiger charge is -2.26. The number of Topliss-reactive ketones (excluding diaryl/α,β-unsaturated/α-hetero) is 1. The molecule has 5 rings (SSSR count). The van der Waals surface area contributed by atoms with Crippen LogP contribution < -0.4 is 9.64 Å². The Morgan fingerprint density at radius 1 is 0.914 bits per heavy atom. The lowest BCUT2D eigenvalue weighted by Crippen LogP contribution is -2.29. The van der Waals surface area contributed by atoms with E-state index in [0.717, 1.165) is 36.8 Å². The van der Waals surface area contributed by atoms with Crippen LogP contribution in [-0.4, -0.2) is 23.9 Å². The highest BCUT2D eigenvalue weighted by molar-refractivity contribution is 6.51. The largest absolute Gasteiger partial charge is 0.507 e. The molecule has 1 aliphatic heterocycles. The summed E-state index contributed by atoms with van der Waals surface area (Å²) in [6.45, 7) is 3.92. The number of benzene rings is 3. The van der Waals surface area contributed by atoms with E-state index in [1.165, 1.54) is 16.0 Å². The van der Waals surface area contributed by atoms with Crippen LogP contribution in [0.5, 0.6) is 5.75 Å². The van der Waals surface area contributed by atoms with Gasteiger partial charge < -0.3 is 9.84 Å². The van der Waals surface area contributed by atoms with Crippen LogP contribution in [0.15, 0.2) is 66.2 Å². The molecule has 0 saturated carbocycles. The fraction of sp³-hybridized carbons (Fsp3) is 0.267. The molecule has 3 aromatic rings. The summed E-state index contributed by atoms with van der Waals surface area (Å²) in [6, 6.07) is 18.2. The van der Waals surface area contributed by atoms with Gasteiger partial charge in [-0.05, 0) is 97.7 Å². The van der Waals surface area contributed by atoms with Crippen LogP contribution in [0.1, 0.15) is 52.3 Å². The van der Waals surface area contributed by atoms with Gasteiger partial charge in [0, 0.05) is 11.3 Å². The Labute approximate surface area is 205 Å². The summed E-state index contributed by atoms with van der Waals surface area (Å²) in [5.74, 6) is -0.867. The lowest BCUT2D eigenvalue weighted by molar-refractivity contribution is -0.132. The van der Waals surface area contributed by atoms with E-state index in [4.69, 9.17) is 4.74 Å². The number of aliphatic hydroxyl groups is 1. The highest BCUT2D eigenvalue weighted by atomic mass is 16.5. The number of fused-ring (bicyclic) bond motifs is 1. The smallest absolute Gasteiger partial charge is 0.300 e. The number of nitrogens with zero attached hydrogens (tertiary/aromatic N) is 1. The van der Waals surface area contributed by atoms with Gasteiger partial charge in [-0.2, -0.15) is 0 Å². The minimum absolute atomic E-state index is 0.0955. The summed E-state index contributed by atoms with van der Waals surface area (Å²) in [4.78, 5) is 28.4. The summed E-state index contributed by atoms with van der Waals surface area (Å²) >= 11 is 0. The molecule has 1 fully saturated rings. The SMILES string of the molecule is COc1cccc(C2/C(=C(/O)c3ccc4c(c3)CCCC4)C(=O)C(=O)N2c2cc(C)cc(C)c2)c1. The van der Waals surface area contributed by atoms with Gasteiger partial charge in [-0.25, -0.2) is 0 Å². The number of amides is 1. The Hall–Kier alpha value is -3.86. The molecule has 1 N–H and O–H groups in total. The molecule has 3 aromatic carbocycles. The monoisotopic (exact) mass is 467 g/mol. The van der Waals surface area contributed by atoms with Crippen LogP contribution >= 0.6 is 0 Å². The van der Waals surface area contributed by atoms with E-state index in [1.807, 2.05) is 74.5 Å². The van der Waals surface area contributed by atoms with Crippen LogP contribution in [0.3, 0.4) is 0 Å². The van der Waals surface area contributed by atoms with Crippen molar-refractivity contribution in [3.05, 3.63) is 99.6 Å². The Morgan fingerprint density at radius 2 is 1.63 bits per heavy atom. The Bertz CT molecular complexity index is 1350. The predicted molar refractivity (Wildman–Crippen MR) is 137 cm³/mol. The first kappa shape index (κ1) is 22.9. The van der Waals surface area contributed by atoms with Gasteiger partial charge in [0.2, 0.25) is 0 Å². The number of methoxy groups -OCH3 is 1. The maximum atomic E-state index is 13.5. The zero-order valence-corrected chi connectivity index (χ0v) is 20.3. The predicted octanol–water partition coefficient (Wildman–Crippen LogP) is 5.82. The number of carbonyl (C=O) groups excluding carboxylic acids is 2. The van der Waals surface area contributed by atoms with Crippen LogP contribution in [0.2, 0.25) is 0 Å². The minimum atomic E-state index is -0.776. The van der Waals surface area contributed by atoms with Gasteiger partial charge in [0.25, 0.3) is 11.7 Å². The average Bonchev–Trinajstić information content (AvgIpc) is 3.13.